The van der Waals surface area contributed by atoms with Crippen molar-refractivity contribution in [2.75, 3.05) is 13.7 Å². The van der Waals surface area contributed by atoms with E-state index in [-0.39, 0.29) is 24.8 Å². The molecule has 1 amide bonds. The molecule has 0 radical (unpaired) electrons. The van der Waals surface area contributed by atoms with Gasteiger partial charge in [0.1, 0.15) is 12.4 Å². The number of carbonyl (C=O) groups excluding carboxylic acids is 1. The predicted molar refractivity (Wildman–Crippen MR) is 173 cm³/mol. The van der Waals surface area contributed by atoms with E-state index in [1.165, 1.54) is 22.7 Å². The molecular formula is C32H27Cl2N3O6S. The average molecular weight is 653 g/mol. The minimum Gasteiger partial charge on any atom is -0.504 e. The summed E-state index contributed by atoms with van der Waals surface area (Å²) < 4.78 is 22.4. The normalized spacial score (nSPS) is 15.1. The fourth-order valence-corrected chi connectivity index (χ4v) is 5.54. The van der Waals surface area contributed by atoms with Crippen LogP contribution in [0.2, 0.25) is 10.0 Å². The van der Waals surface area contributed by atoms with E-state index in [9.17, 15) is 9.90 Å². The van der Waals surface area contributed by atoms with Crippen LogP contribution in [0.1, 0.15) is 29.4 Å². The van der Waals surface area contributed by atoms with Gasteiger partial charge in [0.25, 0.3) is 5.91 Å². The lowest BCUT2D eigenvalue weighted by Gasteiger charge is -2.13. The third kappa shape index (κ3) is 7.57. The molecule has 0 atom stereocenters. The van der Waals surface area contributed by atoms with E-state index in [0.29, 0.717) is 60.9 Å². The Morgan fingerprint density at radius 3 is 2.57 bits per heavy atom. The second kappa shape index (κ2) is 14.4. The van der Waals surface area contributed by atoms with Crippen LogP contribution >= 0.6 is 35.0 Å². The summed E-state index contributed by atoms with van der Waals surface area (Å²) in [5.41, 5.74) is 2.19. The number of carbonyl (C=O) groups is 1. The first-order chi connectivity index (χ1) is 21.3. The molecule has 1 aliphatic rings. The largest absolute Gasteiger partial charge is 0.504 e. The first kappa shape index (κ1) is 31.1. The van der Waals surface area contributed by atoms with E-state index in [4.69, 9.17) is 41.8 Å². The Morgan fingerprint density at radius 1 is 1.00 bits per heavy atom. The van der Waals surface area contributed by atoms with Crippen LogP contribution in [0.25, 0.3) is 6.08 Å². The van der Waals surface area contributed by atoms with Gasteiger partial charge in [0.05, 0.1) is 37.6 Å². The number of aromatic hydroxyl groups is 1. The molecule has 0 unspecified atom stereocenters. The monoisotopic (exact) mass is 651 g/mol. The Morgan fingerprint density at radius 2 is 1.82 bits per heavy atom. The maximum Gasteiger partial charge on any atom is 0.267 e. The van der Waals surface area contributed by atoms with Gasteiger partial charge in [0, 0.05) is 15.6 Å². The van der Waals surface area contributed by atoms with Gasteiger partial charge >= 0.3 is 0 Å². The quantitative estimate of drug-likeness (QED) is 0.100. The summed E-state index contributed by atoms with van der Waals surface area (Å²) in [5, 5.41) is 20.1. The number of hydrogen-bond donors (Lipinski definition) is 1. The number of phenolic OH excluding ortho intramolecular Hbond substituents is 1. The fourth-order valence-electron chi connectivity index (χ4n) is 4.15. The molecule has 1 saturated heterocycles. The van der Waals surface area contributed by atoms with Gasteiger partial charge in [0.15, 0.2) is 28.2 Å². The first-order valence-corrected chi connectivity index (χ1v) is 15.0. The molecule has 1 fully saturated rings. The number of furan rings is 1. The van der Waals surface area contributed by atoms with Crippen LogP contribution in [0.3, 0.4) is 0 Å². The molecule has 0 saturated carbocycles. The molecule has 1 aromatic heterocycles. The van der Waals surface area contributed by atoms with Crippen molar-refractivity contribution < 1.29 is 28.5 Å². The molecule has 0 aliphatic carbocycles. The number of amidine groups is 1. The third-order valence-electron chi connectivity index (χ3n) is 6.30. The summed E-state index contributed by atoms with van der Waals surface area (Å²) >= 11 is 13.4. The molecule has 5 rings (SSSR count). The lowest BCUT2D eigenvalue weighted by Crippen LogP contribution is -2.28. The maximum atomic E-state index is 13.4. The van der Waals surface area contributed by atoms with Crippen molar-refractivity contribution in [1.29, 1.82) is 0 Å². The van der Waals surface area contributed by atoms with Crippen molar-refractivity contribution >= 4 is 58.3 Å². The molecular weight excluding hydrogens is 625 g/mol. The van der Waals surface area contributed by atoms with Gasteiger partial charge < -0.3 is 23.7 Å². The molecule has 226 valence electrons. The van der Waals surface area contributed by atoms with Crippen LogP contribution in [-0.4, -0.2) is 41.0 Å². The Labute approximate surface area is 268 Å². The molecule has 2 heterocycles. The lowest BCUT2D eigenvalue weighted by molar-refractivity contribution is -0.122. The van der Waals surface area contributed by atoms with Gasteiger partial charge in [0.2, 0.25) is 0 Å². The zero-order valence-electron chi connectivity index (χ0n) is 23.7. The number of thioether (sulfide) groups is 1. The van der Waals surface area contributed by atoms with Crippen LogP contribution in [0, 0.1) is 0 Å². The van der Waals surface area contributed by atoms with Crippen molar-refractivity contribution in [1.82, 2.24) is 4.90 Å². The van der Waals surface area contributed by atoms with Crippen LogP contribution in [0.4, 0.5) is 0 Å². The Balaban J connectivity index is 1.35. The van der Waals surface area contributed by atoms with Crippen molar-refractivity contribution in [3.05, 3.63) is 110 Å². The van der Waals surface area contributed by atoms with E-state index in [0.717, 1.165) is 5.56 Å². The lowest BCUT2D eigenvalue weighted by atomic mass is 10.2. The number of amides is 1. The third-order valence-corrected chi connectivity index (χ3v) is 7.88. The summed E-state index contributed by atoms with van der Waals surface area (Å²) in [7, 11) is 1.55. The number of rotatable bonds is 11. The number of nitrogens with zero attached hydrogens (tertiary/aromatic N) is 3. The van der Waals surface area contributed by atoms with Gasteiger partial charge in [-0.15, -0.1) is 5.10 Å². The molecule has 0 spiro atoms. The van der Waals surface area contributed by atoms with Crippen LogP contribution in [-0.2, 0) is 17.9 Å². The number of phenols is 1. The van der Waals surface area contributed by atoms with E-state index < -0.39 is 0 Å². The number of halogens is 2. The zero-order valence-corrected chi connectivity index (χ0v) is 26.0. The molecule has 1 N–H and O–H groups in total. The summed E-state index contributed by atoms with van der Waals surface area (Å²) in [5.74, 6) is 1.74. The summed E-state index contributed by atoms with van der Waals surface area (Å²) in [6.07, 6.45) is 4.82. The average Bonchev–Trinajstić information content (AvgIpc) is 3.63. The molecule has 9 nitrogen and oxygen atoms in total. The smallest absolute Gasteiger partial charge is 0.267 e. The minimum atomic E-state index is -0.254. The molecule has 44 heavy (non-hydrogen) atoms. The Kier molecular flexibility index (Phi) is 10.2. The molecule has 4 aromatic rings. The van der Waals surface area contributed by atoms with E-state index >= 15 is 0 Å². The van der Waals surface area contributed by atoms with Crippen molar-refractivity contribution in [2.24, 2.45) is 10.2 Å². The fraction of sp³-hybridized carbons (Fsp3) is 0.156. The number of ether oxygens (including phenoxy) is 3. The van der Waals surface area contributed by atoms with Gasteiger partial charge in [-0.05, 0) is 90.5 Å². The van der Waals surface area contributed by atoms with Crippen LogP contribution in [0.5, 0.6) is 23.0 Å². The van der Waals surface area contributed by atoms with Crippen molar-refractivity contribution in [3.63, 3.8) is 0 Å². The topological polar surface area (TPSA) is 106 Å². The molecule has 12 heteroatoms. The van der Waals surface area contributed by atoms with E-state index in [1.807, 2.05) is 19.1 Å². The van der Waals surface area contributed by atoms with Gasteiger partial charge in [-0.3, -0.25) is 9.69 Å². The highest BCUT2D eigenvalue weighted by atomic mass is 35.5. The van der Waals surface area contributed by atoms with Crippen molar-refractivity contribution in [3.8, 4) is 23.0 Å². The highest BCUT2D eigenvalue weighted by Crippen LogP contribution is 2.36. The van der Waals surface area contributed by atoms with Crippen LogP contribution in [0.15, 0.2) is 92.5 Å². The zero-order chi connectivity index (χ0) is 31.1. The summed E-state index contributed by atoms with van der Waals surface area (Å²) in [4.78, 5) is 15.3. The van der Waals surface area contributed by atoms with Crippen LogP contribution < -0.4 is 14.2 Å². The van der Waals surface area contributed by atoms with Crippen molar-refractivity contribution in [2.45, 2.75) is 20.1 Å². The minimum absolute atomic E-state index is 0.0256. The van der Waals surface area contributed by atoms with E-state index in [1.54, 1.807) is 74.2 Å². The SMILES string of the molecule is CCOc1cc(/C=C2\S/C(=N/N=C\c3ccc(OCc4ccc(Cl)cc4Cl)c(OC)c3)N(Cc3ccco3)C2=O)ccc1O. The first-order valence-electron chi connectivity index (χ1n) is 13.4. The molecule has 1 aliphatic heterocycles. The predicted octanol–water partition coefficient (Wildman–Crippen LogP) is 7.78. The number of methoxy groups -OCH3 is 1. The standard InChI is InChI=1S/C32H27Cl2N3O6S/c1-3-41-28-13-20(6-10-26(28)38)15-30-31(39)37(18-24-5-4-12-42-24)32(44-30)36-35-17-21-7-11-27(29(14-21)40-2)43-19-22-8-9-23(33)16-25(22)34/h4-17,38H,3,18-19H2,1-2H3/b30-15-,35-17-,36-32+. The summed E-state index contributed by atoms with van der Waals surface area (Å²) in [6.45, 7) is 2.64. The summed E-state index contributed by atoms with van der Waals surface area (Å²) in [6, 6.07) is 19.0. The highest BCUT2D eigenvalue weighted by Gasteiger charge is 2.34. The van der Waals surface area contributed by atoms with Gasteiger partial charge in [-0.1, -0.05) is 35.3 Å². The molecule has 3 aromatic carbocycles. The van der Waals surface area contributed by atoms with E-state index in [2.05, 4.69) is 10.2 Å². The number of hydrogen-bond acceptors (Lipinski definition) is 9. The van der Waals surface area contributed by atoms with Gasteiger partial charge in [-0.25, -0.2) is 0 Å². The Bertz CT molecular complexity index is 1740. The van der Waals surface area contributed by atoms with Gasteiger partial charge in [-0.2, -0.15) is 5.10 Å². The maximum absolute atomic E-state index is 13.4. The number of benzene rings is 3. The Hall–Kier alpha value is -4.38. The molecule has 0 bridgehead atoms. The second-order valence-corrected chi connectivity index (χ2v) is 11.2. The second-order valence-electron chi connectivity index (χ2n) is 9.30. The highest BCUT2D eigenvalue weighted by molar-refractivity contribution is 8.18.